The van der Waals surface area contributed by atoms with E-state index in [9.17, 15) is 14.9 Å². The predicted molar refractivity (Wildman–Crippen MR) is 97.4 cm³/mol. The van der Waals surface area contributed by atoms with Crippen molar-refractivity contribution in [3.8, 4) is 5.75 Å². The molecule has 0 bridgehead atoms. The summed E-state index contributed by atoms with van der Waals surface area (Å²) in [5.74, 6) is -0.511. The number of nitrogens with one attached hydrogen (secondary N) is 1. The Balaban J connectivity index is 1.56. The standard InChI is InChI=1S/C17H16N6O4/c1-12(10-22-14-7-3-2-6-13(14)19-21-22)18-20-17(24)11-27-16-9-5-4-8-15(16)23(25)26/h2-9H,10-11H2,1H3,(H,20,24)/b18-12+. The molecule has 1 heterocycles. The number of hydrogen-bond acceptors (Lipinski definition) is 7. The average molecular weight is 368 g/mol. The molecule has 1 aromatic heterocycles. The van der Waals surface area contributed by atoms with E-state index in [2.05, 4.69) is 20.8 Å². The Hall–Kier alpha value is -3.82. The van der Waals surface area contributed by atoms with Gasteiger partial charge in [0.1, 0.15) is 5.52 Å². The maximum Gasteiger partial charge on any atom is 0.310 e. The molecule has 0 fully saturated rings. The molecule has 0 unspecified atom stereocenters. The molecule has 0 saturated heterocycles. The summed E-state index contributed by atoms with van der Waals surface area (Å²) in [6.07, 6.45) is 0. The van der Waals surface area contributed by atoms with Gasteiger partial charge in [-0.25, -0.2) is 10.1 Å². The molecule has 3 rings (SSSR count). The number of fused-ring (bicyclic) bond motifs is 1. The molecule has 1 N–H and O–H groups in total. The van der Waals surface area contributed by atoms with E-state index in [0.29, 0.717) is 12.3 Å². The smallest absolute Gasteiger partial charge is 0.310 e. The summed E-state index contributed by atoms with van der Waals surface area (Å²) >= 11 is 0. The van der Waals surface area contributed by atoms with Crippen molar-refractivity contribution < 1.29 is 14.5 Å². The SMILES string of the molecule is C/C(Cn1nnc2ccccc21)=N\NC(=O)COc1ccccc1[N+](=O)[O-]. The fraction of sp³-hybridized carbons (Fsp3) is 0.176. The molecule has 10 nitrogen and oxygen atoms in total. The highest BCUT2D eigenvalue weighted by atomic mass is 16.6. The first-order valence-corrected chi connectivity index (χ1v) is 8.01. The maximum absolute atomic E-state index is 11.9. The van der Waals surface area contributed by atoms with Crippen LogP contribution in [0.4, 0.5) is 5.69 Å². The maximum atomic E-state index is 11.9. The summed E-state index contributed by atoms with van der Waals surface area (Å²) in [5.41, 5.74) is 4.38. The third kappa shape index (κ3) is 4.42. The molecular formula is C17H16N6O4. The first kappa shape index (κ1) is 18.0. The van der Waals surface area contributed by atoms with Gasteiger partial charge < -0.3 is 4.74 Å². The van der Waals surface area contributed by atoms with Gasteiger partial charge in [0, 0.05) is 6.07 Å². The van der Waals surface area contributed by atoms with Crippen LogP contribution in [0.25, 0.3) is 11.0 Å². The number of nitro groups is 1. The van der Waals surface area contributed by atoms with Crippen molar-refractivity contribution in [3.63, 3.8) is 0 Å². The van der Waals surface area contributed by atoms with Gasteiger partial charge in [-0.2, -0.15) is 5.10 Å². The lowest BCUT2D eigenvalue weighted by atomic mass is 10.3. The van der Waals surface area contributed by atoms with Crippen molar-refractivity contribution in [2.75, 3.05) is 6.61 Å². The van der Waals surface area contributed by atoms with Crippen molar-refractivity contribution in [2.24, 2.45) is 5.10 Å². The van der Waals surface area contributed by atoms with E-state index in [0.717, 1.165) is 11.0 Å². The number of amides is 1. The van der Waals surface area contributed by atoms with Crippen LogP contribution in [0.1, 0.15) is 6.92 Å². The van der Waals surface area contributed by atoms with Crippen LogP contribution in [-0.4, -0.2) is 38.1 Å². The number of hydrogen-bond donors (Lipinski definition) is 1. The number of rotatable bonds is 7. The Labute approximate surface area is 153 Å². The van der Waals surface area contributed by atoms with Crippen LogP contribution < -0.4 is 10.2 Å². The zero-order valence-electron chi connectivity index (χ0n) is 14.4. The first-order valence-electron chi connectivity index (χ1n) is 8.01. The van der Waals surface area contributed by atoms with Gasteiger partial charge in [-0.3, -0.25) is 14.9 Å². The van der Waals surface area contributed by atoms with Gasteiger partial charge >= 0.3 is 5.69 Å². The molecule has 3 aromatic rings. The fourth-order valence-electron chi connectivity index (χ4n) is 2.35. The van der Waals surface area contributed by atoms with E-state index < -0.39 is 17.4 Å². The molecule has 0 saturated carbocycles. The highest BCUT2D eigenvalue weighted by molar-refractivity contribution is 5.86. The number of ether oxygens (including phenoxy) is 1. The van der Waals surface area contributed by atoms with E-state index >= 15 is 0 Å². The predicted octanol–water partition coefficient (Wildman–Crippen LogP) is 1.91. The summed E-state index contributed by atoms with van der Waals surface area (Å²) in [4.78, 5) is 22.2. The highest BCUT2D eigenvalue weighted by Crippen LogP contribution is 2.25. The second kappa shape index (κ2) is 8.04. The number of nitrogens with zero attached hydrogens (tertiary/aromatic N) is 5. The van der Waals surface area contributed by atoms with Gasteiger partial charge in [-0.15, -0.1) is 5.10 Å². The molecule has 138 valence electrons. The first-order chi connectivity index (χ1) is 13.0. The molecule has 0 spiro atoms. The Morgan fingerprint density at radius 3 is 2.81 bits per heavy atom. The van der Waals surface area contributed by atoms with Crippen LogP contribution in [0.3, 0.4) is 0 Å². The lowest BCUT2D eigenvalue weighted by Crippen LogP contribution is -2.26. The summed E-state index contributed by atoms with van der Waals surface area (Å²) < 4.78 is 6.88. The Bertz CT molecular complexity index is 1010. The minimum absolute atomic E-state index is 0.0208. The zero-order chi connectivity index (χ0) is 19.2. The number of para-hydroxylation sites is 3. The second-order valence-electron chi connectivity index (χ2n) is 5.63. The highest BCUT2D eigenvalue weighted by Gasteiger charge is 2.14. The summed E-state index contributed by atoms with van der Waals surface area (Å²) in [7, 11) is 0. The third-order valence-corrected chi connectivity index (χ3v) is 3.59. The summed E-state index contributed by atoms with van der Waals surface area (Å²) in [6.45, 7) is 1.69. The minimum Gasteiger partial charge on any atom is -0.477 e. The van der Waals surface area contributed by atoms with Crippen molar-refractivity contribution in [3.05, 3.63) is 58.6 Å². The van der Waals surface area contributed by atoms with Crippen LogP contribution in [0, 0.1) is 10.1 Å². The van der Waals surface area contributed by atoms with Crippen LogP contribution in [0.5, 0.6) is 5.75 Å². The normalized spacial score (nSPS) is 11.4. The zero-order valence-corrected chi connectivity index (χ0v) is 14.4. The van der Waals surface area contributed by atoms with Crippen molar-refractivity contribution >= 4 is 28.3 Å². The lowest BCUT2D eigenvalue weighted by molar-refractivity contribution is -0.385. The number of aromatic nitrogens is 3. The van der Waals surface area contributed by atoms with E-state index in [1.54, 1.807) is 17.7 Å². The van der Waals surface area contributed by atoms with Gasteiger partial charge in [0.05, 0.1) is 22.7 Å². The molecule has 0 aliphatic rings. The summed E-state index contributed by atoms with van der Waals surface area (Å²) in [5, 5.41) is 23.0. The number of nitro benzene ring substituents is 1. The molecule has 0 atom stereocenters. The molecule has 10 heteroatoms. The minimum atomic E-state index is -0.571. The Morgan fingerprint density at radius 1 is 1.26 bits per heavy atom. The van der Waals surface area contributed by atoms with Gasteiger partial charge in [0.2, 0.25) is 0 Å². The largest absolute Gasteiger partial charge is 0.477 e. The quantitative estimate of drug-likeness (QED) is 0.386. The van der Waals surface area contributed by atoms with E-state index in [4.69, 9.17) is 4.74 Å². The number of carbonyl (C=O) groups is 1. The molecule has 2 aromatic carbocycles. The Kier molecular flexibility index (Phi) is 5.36. The van der Waals surface area contributed by atoms with Crippen LogP contribution >= 0.6 is 0 Å². The lowest BCUT2D eigenvalue weighted by Gasteiger charge is -2.06. The molecule has 0 radical (unpaired) electrons. The second-order valence-corrected chi connectivity index (χ2v) is 5.63. The van der Waals surface area contributed by atoms with Gasteiger partial charge in [-0.05, 0) is 25.1 Å². The summed E-state index contributed by atoms with van der Waals surface area (Å²) in [6, 6.07) is 13.3. The molecular weight excluding hydrogens is 352 g/mol. The number of benzene rings is 2. The number of carbonyl (C=O) groups excluding carboxylic acids is 1. The van der Waals surface area contributed by atoms with Gasteiger partial charge in [-0.1, -0.05) is 29.5 Å². The van der Waals surface area contributed by atoms with Crippen LogP contribution in [0.2, 0.25) is 0 Å². The van der Waals surface area contributed by atoms with Crippen molar-refractivity contribution in [1.29, 1.82) is 0 Å². The monoisotopic (exact) mass is 368 g/mol. The van der Waals surface area contributed by atoms with Crippen molar-refractivity contribution in [1.82, 2.24) is 20.4 Å². The molecule has 0 aliphatic heterocycles. The van der Waals surface area contributed by atoms with Crippen LogP contribution in [0.15, 0.2) is 53.6 Å². The molecule has 0 aliphatic carbocycles. The topological polar surface area (TPSA) is 125 Å². The van der Waals surface area contributed by atoms with E-state index in [-0.39, 0.29) is 11.4 Å². The number of hydrazone groups is 1. The molecule has 27 heavy (non-hydrogen) atoms. The van der Waals surface area contributed by atoms with Crippen molar-refractivity contribution in [2.45, 2.75) is 13.5 Å². The molecule has 1 amide bonds. The van der Waals surface area contributed by atoms with Gasteiger partial charge in [0.25, 0.3) is 5.91 Å². The Morgan fingerprint density at radius 2 is 2.00 bits per heavy atom. The fourth-order valence-corrected chi connectivity index (χ4v) is 2.35. The van der Waals surface area contributed by atoms with E-state index in [1.807, 2.05) is 24.3 Å². The van der Waals surface area contributed by atoms with E-state index in [1.165, 1.54) is 18.2 Å². The average Bonchev–Trinajstić information content (AvgIpc) is 3.08. The van der Waals surface area contributed by atoms with Crippen LogP contribution in [-0.2, 0) is 11.3 Å². The third-order valence-electron chi connectivity index (χ3n) is 3.59. The van der Waals surface area contributed by atoms with Gasteiger partial charge in [0.15, 0.2) is 12.4 Å².